The quantitative estimate of drug-likeness (QED) is 0.671. The molecule has 0 saturated heterocycles. The molecular weight excluding hydrogens is 381 g/mol. The van der Waals surface area contributed by atoms with Crippen molar-refractivity contribution >= 4 is 18.1 Å². The highest BCUT2D eigenvalue weighted by molar-refractivity contribution is 5.85. The number of pyridine rings is 1. The molecule has 0 aliphatic carbocycles. The Bertz CT molecular complexity index is 949. The Hall–Kier alpha value is -2.78. The van der Waals surface area contributed by atoms with Crippen molar-refractivity contribution in [3.8, 4) is 22.7 Å². The molecule has 3 aromatic rings. The number of rotatable bonds is 4. The molecule has 1 aliphatic heterocycles. The summed E-state index contributed by atoms with van der Waals surface area (Å²) in [5.74, 6) is 0.827. The van der Waals surface area contributed by atoms with Crippen molar-refractivity contribution in [3.05, 3.63) is 84.8 Å². The van der Waals surface area contributed by atoms with Gasteiger partial charge in [0.1, 0.15) is 5.56 Å². The summed E-state index contributed by atoms with van der Waals surface area (Å²) >= 11 is 0. The van der Waals surface area contributed by atoms with Gasteiger partial charge in [0, 0.05) is 24.2 Å². The molecule has 0 radical (unpaired) electrons. The topological polar surface area (TPSA) is 39.1 Å². The molecule has 6 heteroatoms. The number of dihydropyridines is 1. The van der Waals surface area contributed by atoms with Gasteiger partial charge in [-0.2, -0.15) is 0 Å². The van der Waals surface area contributed by atoms with E-state index in [9.17, 15) is 0 Å². The molecule has 0 fully saturated rings. The predicted molar refractivity (Wildman–Crippen MR) is 107 cm³/mol. The zero-order valence-corrected chi connectivity index (χ0v) is 16.3. The number of nitrogens with one attached hydrogen (secondary N) is 1. The molecule has 27 heavy (non-hydrogen) atoms. The largest absolute Gasteiger partial charge is 1.00 e. The van der Waals surface area contributed by atoms with E-state index < -0.39 is 0 Å². The van der Waals surface area contributed by atoms with E-state index in [2.05, 4.69) is 39.3 Å². The Morgan fingerprint density at radius 2 is 2.04 bits per heavy atom. The molecule has 0 bridgehead atoms. The number of hydrogen-bond acceptors (Lipinski definition) is 3. The molecule has 4 rings (SSSR count). The molecule has 4 nitrogen and oxygen atoms in total. The number of hydrogen-bond donors (Lipinski definition) is 1. The second-order valence-corrected chi connectivity index (χ2v) is 5.69. The van der Waals surface area contributed by atoms with Gasteiger partial charge in [-0.1, -0.05) is 12.1 Å². The van der Waals surface area contributed by atoms with Crippen molar-refractivity contribution in [2.45, 2.75) is 0 Å². The first-order valence-electron chi connectivity index (χ1n) is 8.16. The molecule has 0 spiro atoms. The fourth-order valence-electron chi connectivity index (χ4n) is 2.98. The molecule has 1 aromatic carbocycles. The van der Waals surface area contributed by atoms with E-state index in [1.807, 2.05) is 54.9 Å². The molecule has 0 amide bonds. The van der Waals surface area contributed by atoms with Gasteiger partial charge in [0.25, 0.3) is 0 Å². The van der Waals surface area contributed by atoms with Gasteiger partial charge in [0.15, 0.2) is 17.5 Å². The maximum absolute atomic E-state index is 5.61. The highest BCUT2D eigenvalue weighted by Crippen LogP contribution is 2.32. The summed E-state index contributed by atoms with van der Waals surface area (Å²) in [4.78, 5) is 4.43. The van der Waals surface area contributed by atoms with E-state index in [1.54, 1.807) is 7.11 Å². The van der Waals surface area contributed by atoms with E-state index in [0.29, 0.717) is 0 Å². The maximum atomic E-state index is 5.61. The average Bonchev–Trinajstić information content (AvgIpc) is 3.19. The minimum Gasteiger partial charge on any atom is -1.00 e. The number of methoxy groups -OCH3 is 1. The molecule has 3 heterocycles. The first kappa shape index (κ1) is 20.5. The van der Waals surface area contributed by atoms with Gasteiger partial charge in [0.05, 0.1) is 37.2 Å². The molecule has 1 N–H and O–H groups in total. The van der Waals surface area contributed by atoms with Gasteiger partial charge in [-0.25, -0.2) is 0 Å². The van der Waals surface area contributed by atoms with Crippen molar-refractivity contribution in [2.75, 3.05) is 13.7 Å². The first-order valence-corrected chi connectivity index (χ1v) is 8.16. The first-order chi connectivity index (χ1) is 12.4. The van der Waals surface area contributed by atoms with Gasteiger partial charge in [0.2, 0.25) is 0 Å². The fourth-order valence-corrected chi connectivity index (χ4v) is 2.98. The predicted octanol–water partition coefficient (Wildman–Crippen LogP) is 1.28. The van der Waals surface area contributed by atoms with Gasteiger partial charge >= 0.3 is 0 Å². The average molecular weight is 400 g/mol. The molecule has 0 atom stereocenters. The van der Waals surface area contributed by atoms with Crippen LogP contribution in [0.4, 0.5) is 0 Å². The third-order valence-corrected chi connectivity index (χ3v) is 4.17. The van der Waals surface area contributed by atoms with E-state index in [4.69, 9.17) is 4.74 Å². The van der Waals surface area contributed by atoms with Gasteiger partial charge < -0.3 is 27.0 Å². The van der Waals surface area contributed by atoms with Gasteiger partial charge in [-0.15, -0.1) is 12.4 Å². The number of allylic oxidation sites excluding steroid dienone is 2. The van der Waals surface area contributed by atoms with Crippen LogP contribution in [0.3, 0.4) is 0 Å². The standard InChI is InChI=1S/C21H18N3O.2ClH/c1-25-20-10-6-9-19(21(20)18-8-3-5-13-23-18)24-14-11-16(15-24)17-7-2-4-12-22-17;;/h2,4-12,14-15,23H,13H2,1H3;2*1H/q+1;;/p-1. The lowest BCUT2D eigenvalue weighted by Crippen LogP contribution is -3.00. The van der Waals surface area contributed by atoms with Gasteiger partial charge in [-0.05, 0) is 30.3 Å². The van der Waals surface area contributed by atoms with Crippen LogP contribution in [0.2, 0.25) is 0 Å². The summed E-state index contributed by atoms with van der Waals surface area (Å²) < 4.78 is 7.71. The third-order valence-electron chi connectivity index (χ3n) is 4.17. The number of halogens is 2. The summed E-state index contributed by atoms with van der Waals surface area (Å²) in [5.41, 5.74) is 5.10. The number of nitrogens with zero attached hydrogens (tertiary/aromatic N) is 2. The van der Waals surface area contributed by atoms with Crippen molar-refractivity contribution in [3.63, 3.8) is 0 Å². The SMILES string of the molecule is COc1cccc(-n2ccc(-c3ccccn3)c2)c1C1=C[C+]=CCN1.Cl.[Cl-]. The molecule has 0 unspecified atom stereocenters. The van der Waals surface area contributed by atoms with Crippen LogP contribution in [-0.4, -0.2) is 23.2 Å². The molecule has 2 aromatic heterocycles. The lowest BCUT2D eigenvalue weighted by molar-refractivity contribution is -0.00000547. The Morgan fingerprint density at radius 3 is 2.74 bits per heavy atom. The monoisotopic (exact) mass is 399 g/mol. The van der Waals surface area contributed by atoms with Crippen LogP contribution in [0.15, 0.2) is 73.2 Å². The van der Waals surface area contributed by atoms with E-state index in [0.717, 1.165) is 40.5 Å². The zero-order valence-electron chi connectivity index (χ0n) is 14.7. The van der Waals surface area contributed by atoms with Crippen molar-refractivity contribution in [2.24, 2.45) is 0 Å². The highest BCUT2D eigenvalue weighted by atomic mass is 35.5. The van der Waals surface area contributed by atoms with Crippen molar-refractivity contribution in [1.82, 2.24) is 14.9 Å². The Morgan fingerprint density at radius 1 is 1.15 bits per heavy atom. The zero-order chi connectivity index (χ0) is 17.1. The van der Waals surface area contributed by atoms with Gasteiger partial charge in [-0.3, -0.25) is 4.98 Å². The van der Waals surface area contributed by atoms with Crippen LogP contribution in [0.5, 0.6) is 5.75 Å². The van der Waals surface area contributed by atoms with Crippen molar-refractivity contribution < 1.29 is 17.1 Å². The summed E-state index contributed by atoms with van der Waals surface area (Å²) in [6.07, 6.45) is 13.0. The minimum atomic E-state index is 0. The van der Waals surface area contributed by atoms with Crippen LogP contribution in [0.25, 0.3) is 22.6 Å². The van der Waals surface area contributed by atoms with E-state index >= 15 is 0 Å². The fraction of sp³-hybridized carbons (Fsp3) is 0.0952. The third kappa shape index (κ3) is 4.15. The van der Waals surface area contributed by atoms with Crippen LogP contribution in [-0.2, 0) is 0 Å². The summed E-state index contributed by atoms with van der Waals surface area (Å²) in [7, 11) is 1.69. The summed E-state index contributed by atoms with van der Waals surface area (Å²) in [6, 6.07) is 14.1. The van der Waals surface area contributed by atoms with Crippen molar-refractivity contribution in [1.29, 1.82) is 0 Å². The van der Waals surface area contributed by atoms with Crippen LogP contribution < -0.4 is 22.5 Å². The number of aromatic nitrogens is 2. The lowest BCUT2D eigenvalue weighted by atomic mass is 10.1. The lowest BCUT2D eigenvalue weighted by Gasteiger charge is -2.14. The summed E-state index contributed by atoms with van der Waals surface area (Å²) in [5, 5.41) is 3.40. The second kappa shape index (κ2) is 9.24. The molecule has 138 valence electrons. The van der Waals surface area contributed by atoms with Crippen LogP contribution in [0, 0.1) is 6.08 Å². The van der Waals surface area contributed by atoms with E-state index in [1.165, 1.54) is 0 Å². The molecule has 0 saturated carbocycles. The number of benzene rings is 1. The van der Waals surface area contributed by atoms with Crippen LogP contribution in [0.1, 0.15) is 5.56 Å². The maximum Gasteiger partial charge on any atom is 0.190 e. The second-order valence-electron chi connectivity index (χ2n) is 5.69. The Labute approximate surface area is 171 Å². The normalized spacial score (nSPS) is 12.0. The Balaban J connectivity index is 0.00000131. The molecular formula is C21H19Cl2N3O. The smallest absolute Gasteiger partial charge is 0.190 e. The summed E-state index contributed by atoms with van der Waals surface area (Å²) in [6.45, 7) is 0.758. The number of ether oxygens (including phenoxy) is 1. The highest BCUT2D eigenvalue weighted by Gasteiger charge is 2.22. The Kier molecular flexibility index (Phi) is 7.03. The molecule has 1 aliphatic rings. The minimum absolute atomic E-state index is 0. The van der Waals surface area contributed by atoms with E-state index in [-0.39, 0.29) is 24.8 Å². The van der Waals surface area contributed by atoms with Crippen LogP contribution >= 0.6 is 12.4 Å².